The van der Waals surface area contributed by atoms with Crippen molar-refractivity contribution in [1.82, 2.24) is 0 Å². The smallest absolute Gasteiger partial charge is 0.0620 e. The van der Waals surface area contributed by atoms with Crippen LogP contribution in [0.2, 0.25) is 0 Å². The zero-order valence-electron chi connectivity index (χ0n) is 12.5. The van der Waals surface area contributed by atoms with Crippen molar-refractivity contribution in [2.75, 3.05) is 6.54 Å². The average Bonchev–Trinajstić information content (AvgIpc) is 2.43. The molecule has 0 spiro atoms. The first-order chi connectivity index (χ1) is 9.69. The van der Waals surface area contributed by atoms with Crippen molar-refractivity contribution in [3.8, 4) is 0 Å². The summed E-state index contributed by atoms with van der Waals surface area (Å²) in [6.45, 7) is 2.72. The first-order valence-corrected chi connectivity index (χ1v) is 8.62. The van der Waals surface area contributed by atoms with E-state index in [0.717, 1.165) is 22.9 Å². The molecular formula is C17H28BrNO. The van der Waals surface area contributed by atoms with E-state index in [1.807, 2.05) is 18.2 Å². The first-order valence-electron chi connectivity index (χ1n) is 7.82. The van der Waals surface area contributed by atoms with Gasteiger partial charge < -0.3 is 10.8 Å². The lowest BCUT2D eigenvalue weighted by Gasteiger charge is -2.22. The van der Waals surface area contributed by atoms with Crippen molar-refractivity contribution < 1.29 is 5.11 Å². The van der Waals surface area contributed by atoms with Crippen LogP contribution in [0.3, 0.4) is 0 Å². The molecule has 2 atom stereocenters. The van der Waals surface area contributed by atoms with Gasteiger partial charge in [0.2, 0.25) is 0 Å². The summed E-state index contributed by atoms with van der Waals surface area (Å²) in [5.74, 6) is 0.0446. The third kappa shape index (κ3) is 6.38. The van der Waals surface area contributed by atoms with Crippen LogP contribution in [0.15, 0.2) is 28.7 Å². The molecule has 0 aromatic heterocycles. The van der Waals surface area contributed by atoms with Crippen molar-refractivity contribution in [2.45, 2.75) is 63.9 Å². The number of aliphatic hydroxyl groups excluding tert-OH is 1. The molecule has 0 aliphatic heterocycles. The van der Waals surface area contributed by atoms with E-state index >= 15 is 0 Å². The SMILES string of the molecule is CCCCCCCCC(O)C(CN)c1cccc(Br)c1. The maximum Gasteiger partial charge on any atom is 0.0620 e. The molecule has 0 radical (unpaired) electrons. The number of hydrogen-bond donors (Lipinski definition) is 2. The van der Waals surface area contributed by atoms with Crippen molar-refractivity contribution >= 4 is 15.9 Å². The average molecular weight is 342 g/mol. The highest BCUT2D eigenvalue weighted by molar-refractivity contribution is 9.10. The lowest BCUT2D eigenvalue weighted by Crippen LogP contribution is -2.25. The van der Waals surface area contributed by atoms with Crippen LogP contribution in [0.4, 0.5) is 0 Å². The van der Waals surface area contributed by atoms with E-state index < -0.39 is 0 Å². The summed E-state index contributed by atoms with van der Waals surface area (Å²) in [7, 11) is 0. The zero-order chi connectivity index (χ0) is 14.8. The number of aliphatic hydroxyl groups is 1. The van der Waals surface area contributed by atoms with E-state index in [1.165, 1.54) is 32.1 Å². The number of benzene rings is 1. The molecule has 3 heteroatoms. The lowest BCUT2D eigenvalue weighted by molar-refractivity contribution is 0.132. The number of unbranched alkanes of at least 4 members (excludes halogenated alkanes) is 5. The van der Waals surface area contributed by atoms with Gasteiger partial charge in [-0.05, 0) is 24.1 Å². The van der Waals surface area contributed by atoms with Crippen LogP contribution in [-0.4, -0.2) is 17.8 Å². The van der Waals surface area contributed by atoms with Crippen LogP contribution in [0.1, 0.15) is 63.4 Å². The van der Waals surface area contributed by atoms with Gasteiger partial charge in [0, 0.05) is 16.9 Å². The topological polar surface area (TPSA) is 46.2 Å². The van der Waals surface area contributed by atoms with E-state index in [9.17, 15) is 5.11 Å². The molecule has 0 fully saturated rings. The molecule has 3 N–H and O–H groups in total. The zero-order valence-corrected chi connectivity index (χ0v) is 14.1. The summed E-state index contributed by atoms with van der Waals surface area (Å²) in [5.41, 5.74) is 6.98. The minimum absolute atomic E-state index is 0.0446. The third-order valence-corrected chi connectivity index (χ3v) is 4.34. The van der Waals surface area contributed by atoms with Crippen LogP contribution in [0.25, 0.3) is 0 Å². The number of nitrogens with two attached hydrogens (primary N) is 1. The minimum Gasteiger partial charge on any atom is -0.392 e. The number of rotatable bonds is 10. The predicted molar refractivity (Wildman–Crippen MR) is 89.9 cm³/mol. The molecule has 2 unspecified atom stereocenters. The fourth-order valence-electron chi connectivity index (χ4n) is 2.59. The molecule has 0 saturated carbocycles. The van der Waals surface area contributed by atoms with Gasteiger partial charge in [-0.15, -0.1) is 0 Å². The molecule has 1 rings (SSSR count). The van der Waals surface area contributed by atoms with Gasteiger partial charge in [0.25, 0.3) is 0 Å². The second kappa shape index (κ2) is 10.4. The Hall–Kier alpha value is -0.380. The Labute approximate surface area is 131 Å². The fourth-order valence-corrected chi connectivity index (χ4v) is 3.00. The molecule has 0 saturated heterocycles. The van der Waals surface area contributed by atoms with Crippen LogP contribution in [0, 0.1) is 0 Å². The molecule has 0 amide bonds. The maximum atomic E-state index is 10.4. The van der Waals surface area contributed by atoms with Crippen LogP contribution in [0.5, 0.6) is 0 Å². The normalized spacial score (nSPS) is 14.2. The van der Waals surface area contributed by atoms with Gasteiger partial charge in [-0.2, -0.15) is 0 Å². The van der Waals surface area contributed by atoms with Crippen molar-refractivity contribution in [3.63, 3.8) is 0 Å². The molecule has 0 aliphatic rings. The van der Waals surface area contributed by atoms with E-state index in [-0.39, 0.29) is 12.0 Å². The van der Waals surface area contributed by atoms with E-state index in [2.05, 4.69) is 28.9 Å². The second-order valence-electron chi connectivity index (χ2n) is 5.52. The van der Waals surface area contributed by atoms with Gasteiger partial charge in [-0.3, -0.25) is 0 Å². The highest BCUT2D eigenvalue weighted by Gasteiger charge is 2.19. The molecular weight excluding hydrogens is 314 g/mol. The van der Waals surface area contributed by atoms with Crippen molar-refractivity contribution in [1.29, 1.82) is 0 Å². The summed E-state index contributed by atoms with van der Waals surface area (Å²) in [6, 6.07) is 8.10. The minimum atomic E-state index is -0.333. The molecule has 2 nitrogen and oxygen atoms in total. The molecule has 1 aromatic rings. The summed E-state index contributed by atoms with van der Waals surface area (Å²) < 4.78 is 1.04. The third-order valence-electron chi connectivity index (χ3n) is 3.85. The Morgan fingerprint density at radius 3 is 2.50 bits per heavy atom. The first kappa shape index (κ1) is 17.7. The Balaban J connectivity index is 2.37. The van der Waals surface area contributed by atoms with Gasteiger partial charge in [-0.25, -0.2) is 0 Å². The Morgan fingerprint density at radius 2 is 1.85 bits per heavy atom. The Kier molecular flexibility index (Phi) is 9.16. The summed E-state index contributed by atoms with van der Waals surface area (Å²) in [4.78, 5) is 0. The highest BCUT2D eigenvalue weighted by atomic mass is 79.9. The summed E-state index contributed by atoms with van der Waals surface area (Å²) in [5, 5.41) is 10.4. The van der Waals surface area contributed by atoms with E-state index in [1.54, 1.807) is 0 Å². The molecule has 0 aliphatic carbocycles. The highest BCUT2D eigenvalue weighted by Crippen LogP contribution is 2.25. The second-order valence-corrected chi connectivity index (χ2v) is 6.44. The number of halogens is 1. The molecule has 0 heterocycles. The molecule has 1 aromatic carbocycles. The van der Waals surface area contributed by atoms with Crippen LogP contribution < -0.4 is 5.73 Å². The Morgan fingerprint density at radius 1 is 1.15 bits per heavy atom. The van der Waals surface area contributed by atoms with Crippen LogP contribution in [-0.2, 0) is 0 Å². The molecule has 0 bridgehead atoms. The van der Waals surface area contributed by atoms with E-state index in [4.69, 9.17) is 5.73 Å². The standard InChI is InChI=1S/C17H28BrNO/c1-2-3-4-5-6-7-11-17(20)16(13-19)14-9-8-10-15(18)12-14/h8-10,12,16-17,20H,2-7,11,13,19H2,1H3. The molecule has 114 valence electrons. The number of hydrogen-bond acceptors (Lipinski definition) is 2. The predicted octanol–water partition coefficient (Wildman–Crippen LogP) is 4.60. The summed E-state index contributed by atoms with van der Waals surface area (Å²) in [6.07, 6.45) is 8.03. The monoisotopic (exact) mass is 341 g/mol. The van der Waals surface area contributed by atoms with Gasteiger partial charge in [0.05, 0.1) is 6.10 Å². The van der Waals surface area contributed by atoms with Crippen molar-refractivity contribution in [3.05, 3.63) is 34.3 Å². The van der Waals surface area contributed by atoms with Gasteiger partial charge in [0.15, 0.2) is 0 Å². The van der Waals surface area contributed by atoms with E-state index in [0.29, 0.717) is 6.54 Å². The fraction of sp³-hybridized carbons (Fsp3) is 0.647. The van der Waals surface area contributed by atoms with Gasteiger partial charge in [-0.1, -0.05) is 73.5 Å². The van der Waals surface area contributed by atoms with Crippen LogP contribution >= 0.6 is 15.9 Å². The largest absolute Gasteiger partial charge is 0.392 e. The van der Waals surface area contributed by atoms with Gasteiger partial charge >= 0.3 is 0 Å². The maximum absolute atomic E-state index is 10.4. The van der Waals surface area contributed by atoms with Gasteiger partial charge in [0.1, 0.15) is 0 Å². The quantitative estimate of drug-likeness (QED) is 0.610. The Bertz CT molecular complexity index is 370. The molecule has 20 heavy (non-hydrogen) atoms. The van der Waals surface area contributed by atoms with Crippen molar-refractivity contribution in [2.24, 2.45) is 5.73 Å². The summed E-state index contributed by atoms with van der Waals surface area (Å²) >= 11 is 3.47. The lowest BCUT2D eigenvalue weighted by atomic mass is 9.90.